The summed E-state index contributed by atoms with van der Waals surface area (Å²) < 4.78 is 41.4. The van der Waals surface area contributed by atoms with E-state index in [0.717, 1.165) is 23.1 Å². The number of aromatic nitrogens is 3. The fraction of sp³-hybridized carbons (Fsp3) is 0.308. The highest BCUT2D eigenvalue weighted by molar-refractivity contribution is 6.32. The van der Waals surface area contributed by atoms with Crippen molar-refractivity contribution in [3.63, 3.8) is 0 Å². The molecule has 4 atom stereocenters. The number of carbonyl (C=O) groups excluding carboxylic acids is 2. The van der Waals surface area contributed by atoms with Crippen molar-refractivity contribution in [1.29, 1.82) is 0 Å². The Hall–Kier alpha value is -3.37. The van der Waals surface area contributed by atoms with Crippen LogP contribution in [-0.2, 0) is 11.0 Å². The van der Waals surface area contributed by atoms with Crippen molar-refractivity contribution >= 4 is 41.1 Å². The van der Waals surface area contributed by atoms with E-state index in [4.69, 9.17) is 23.2 Å². The van der Waals surface area contributed by atoms with Crippen LogP contribution in [0.2, 0.25) is 5.02 Å². The van der Waals surface area contributed by atoms with Gasteiger partial charge in [0.15, 0.2) is 11.5 Å². The summed E-state index contributed by atoms with van der Waals surface area (Å²) in [6.07, 6.45) is -0.0843. The lowest BCUT2D eigenvalue weighted by atomic mass is 9.87. The number of nitrogens with one attached hydrogen (secondary N) is 2. The van der Waals surface area contributed by atoms with Gasteiger partial charge in [0.1, 0.15) is 5.69 Å². The van der Waals surface area contributed by atoms with E-state index in [9.17, 15) is 22.8 Å². The molecule has 2 aromatic heterocycles. The van der Waals surface area contributed by atoms with E-state index >= 15 is 0 Å². The van der Waals surface area contributed by atoms with Gasteiger partial charge in [0.05, 0.1) is 16.4 Å². The van der Waals surface area contributed by atoms with Gasteiger partial charge in [0.25, 0.3) is 5.91 Å². The fourth-order valence-corrected chi connectivity index (χ4v) is 5.16. The number of benzene rings is 1. The molecule has 2 N–H and O–H groups in total. The number of nitrogens with zero attached hydrogens (tertiary/aromatic N) is 3. The summed E-state index contributed by atoms with van der Waals surface area (Å²) in [5, 5.41) is 8.34. The minimum atomic E-state index is -4.83. The molecule has 38 heavy (non-hydrogen) atoms. The van der Waals surface area contributed by atoms with E-state index in [1.165, 1.54) is 18.3 Å². The van der Waals surface area contributed by atoms with E-state index in [1.807, 2.05) is 6.92 Å². The van der Waals surface area contributed by atoms with Crippen LogP contribution in [-0.4, -0.2) is 38.7 Å². The number of hydrogen-bond acceptors (Lipinski definition) is 4. The highest BCUT2D eigenvalue weighted by atomic mass is 35.5. The number of fused-ring (bicyclic) bond motifs is 1. The molecule has 198 valence electrons. The molecule has 2 aliphatic rings. The van der Waals surface area contributed by atoms with Gasteiger partial charge in [-0.2, -0.15) is 18.3 Å². The second kappa shape index (κ2) is 10.1. The van der Waals surface area contributed by atoms with Crippen LogP contribution >= 0.6 is 23.2 Å². The molecule has 0 saturated heterocycles. The van der Waals surface area contributed by atoms with E-state index in [1.54, 1.807) is 30.3 Å². The zero-order valence-electron chi connectivity index (χ0n) is 20.0. The van der Waals surface area contributed by atoms with E-state index in [2.05, 4.69) is 20.7 Å². The van der Waals surface area contributed by atoms with Crippen LogP contribution in [0.3, 0.4) is 0 Å². The average molecular weight is 564 g/mol. The predicted octanol–water partition coefficient (Wildman–Crippen LogP) is 5.33. The minimum absolute atomic E-state index is 0.00457. The number of rotatable bonds is 6. The molecular weight excluding hydrogens is 542 g/mol. The second-order valence-electron chi connectivity index (χ2n) is 9.20. The number of alkyl halides is 4. The lowest BCUT2D eigenvalue weighted by molar-refractivity contribution is -0.141. The van der Waals surface area contributed by atoms with Gasteiger partial charge in [-0.3, -0.25) is 9.59 Å². The molecule has 12 heteroatoms. The van der Waals surface area contributed by atoms with Crippen LogP contribution in [0.25, 0.3) is 11.9 Å². The van der Waals surface area contributed by atoms with Gasteiger partial charge >= 0.3 is 6.18 Å². The minimum Gasteiger partial charge on any atom is -0.349 e. The summed E-state index contributed by atoms with van der Waals surface area (Å²) in [5.74, 6) is -1.09. The summed E-state index contributed by atoms with van der Waals surface area (Å²) >= 11 is 12.9. The maximum Gasteiger partial charge on any atom is 0.435 e. The first kappa shape index (κ1) is 26.2. The monoisotopic (exact) mass is 563 g/mol. The van der Waals surface area contributed by atoms with Gasteiger partial charge in [-0.25, -0.2) is 9.67 Å². The Labute approximate surface area is 226 Å². The Kier molecular flexibility index (Phi) is 6.96. The molecule has 5 rings (SSSR count). The summed E-state index contributed by atoms with van der Waals surface area (Å²) in [6, 6.07) is 9.66. The molecule has 2 heterocycles. The lowest BCUT2D eigenvalue weighted by Crippen LogP contribution is -2.46. The normalized spacial score (nSPS) is 22.3. The van der Waals surface area contributed by atoms with Gasteiger partial charge in [0.2, 0.25) is 5.91 Å². The molecule has 1 saturated carbocycles. The predicted molar refractivity (Wildman–Crippen MR) is 136 cm³/mol. The number of carbonyl (C=O) groups is 2. The highest BCUT2D eigenvalue weighted by Gasteiger charge is 2.41. The quantitative estimate of drug-likeness (QED) is 0.397. The summed E-state index contributed by atoms with van der Waals surface area (Å²) in [5.41, 5.74) is -0.166. The van der Waals surface area contributed by atoms with Crippen LogP contribution in [0.4, 0.5) is 13.2 Å². The van der Waals surface area contributed by atoms with Crippen molar-refractivity contribution in [2.75, 3.05) is 0 Å². The van der Waals surface area contributed by atoms with Gasteiger partial charge in [0, 0.05) is 23.9 Å². The van der Waals surface area contributed by atoms with Crippen LogP contribution < -0.4 is 10.6 Å². The zero-order valence-corrected chi connectivity index (χ0v) is 21.5. The third kappa shape index (κ3) is 5.02. The molecule has 2 amide bonds. The van der Waals surface area contributed by atoms with E-state index < -0.39 is 40.8 Å². The molecule has 1 fully saturated rings. The van der Waals surface area contributed by atoms with Crippen molar-refractivity contribution in [3.8, 4) is 5.82 Å². The molecule has 0 spiro atoms. The van der Waals surface area contributed by atoms with Crippen LogP contribution in [0.5, 0.6) is 0 Å². The SMILES string of the molecule is CCC1CC1NC(=O)C1=Cc2ccccc2C(Cl)C1NC(=O)c1cc(C(F)(F)F)nn1-c1ncccc1Cl. The molecule has 0 radical (unpaired) electrons. The van der Waals surface area contributed by atoms with Crippen LogP contribution in [0.1, 0.15) is 52.5 Å². The molecule has 7 nitrogen and oxygen atoms in total. The molecule has 0 bridgehead atoms. The van der Waals surface area contributed by atoms with Crippen molar-refractivity contribution in [3.05, 3.63) is 81.8 Å². The van der Waals surface area contributed by atoms with Gasteiger partial charge in [-0.05, 0) is 41.7 Å². The van der Waals surface area contributed by atoms with Crippen molar-refractivity contribution < 1.29 is 22.8 Å². The highest BCUT2D eigenvalue weighted by Crippen LogP contribution is 2.39. The fourth-order valence-electron chi connectivity index (χ4n) is 4.56. The first-order valence-corrected chi connectivity index (χ1v) is 12.7. The summed E-state index contributed by atoms with van der Waals surface area (Å²) in [7, 11) is 0. The molecule has 4 unspecified atom stereocenters. The third-order valence-corrected chi connectivity index (χ3v) is 7.50. The van der Waals surface area contributed by atoms with Gasteiger partial charge in [-0.15, -0.1) is 11.6 Å². The maximum absolute atomic E-state index is 13.6. The third-order valence-electron chi connectivity index (χ3n) is 6.72. The Morgan fingerprint density at radius 1 is 1.13 bits per heavy atom. The lowest BCUT2D eigenvalue weighted by Gasteiger charge is -2.31. The van der Waals surface area contributed by atoms with Gasteiger partial charge in [-0.1, -0.05) is 49.2 Å². The smallest absolute Gasteiger partial charge is 0.349 e. The van der Waals surface area contributed by atoms with Crippen LogP contribution in [0.15, 0.2) is 54.2 Å². The Morgan fingerprint density at radius 3 is 2.58 bits per heavy atom. The number of hydrogen-bond donors (Lipinski definition) is 2. The first-order chi connectivity index (χ1) is 18.1. The Morgan fingerprint density at radius 2 is 1.89 bits per heavy atom. The van der Waals surface area contributed by atoms with Crippen LogP contribution in [0, 0.1) is 5.92 Å². The van der Waals surface area contributed by atoms with Crippen molar-refractivity contribution in [2.24, 2.45) is 5.92 Å². The molecule has 0 aliphatic heterocycles. The zero-order chi connectivity index (χ0) is 27.2. The number of pyridine rings is 1. The molecule has 1 aromatic carbocycles. The largest absolute Gasteiger partial charge is 0.435 e. The summed E-state index contributed by atoms with van der Waals surface area (Å²) in [6.45, 7) is 2.04. The topological polar surface area (TPSA) is 88.9 Å². The maximum atomic E-state index is 13.6. The second-order valence-corrected chi connectivity index (χ2v) is 10.1. The standard InChI is InChI=1S/C26H22Cl2F3N5O2/c1-2-13-11-18(13)33-24(37)16-10-14-6-3-4-7-15(14)21(28)22(16)34-25(38)19-12-20(26(29,30)31)35-36(19)23-17(27)8-5-9-32-23/h3-10,12-13,18,21-22H,2,11H2,1H3,(H,33,37)(H,34,38). The Bertz CT molecular complexity index is 1440. The molecule has 3 aromatic rings. The average Bonchev–Trinajstić information content (AvgIpc) is 3.47. The van der Waals surface area contributed by atoms with Crippen molar-refractivity contribution in [1.82, 2.24) is 25.4 Å². The summed E-state index contributed by atoms with van der Waals surface area (Å²) in [4.78, 5) is 30.8. The van der Waals surface area contributed by atoms with E-state index in [-0.39, 0.29) is 22.5 Å². The number of halogens is 5. The van der Waals surface area contributed by atoms with Gasteiger partial charge < -0.3 is 10.6 Å². The molecule has 2 aliphatic carbocycles. The first-order valence-electron chi connectivity index (χ1n) is 11.9. The Balaban J connectivity index is 1.51. The number of amides is 2. The molecular formula is C26H22Cl2F3N5O2. The van der Waals surface area contributed by atoms with E-state index in [0.29, 0.717) is 17.5 Å². The van der Waals surface area contributed by atoms with Crippen molar-refractivity contribution in [2.45, 2.75) is 43.4 Å².